The Balaban J connectivity index is 2.52. The first-order valence-electron chi connectivity index (χ1n) is 7.90. The molecule has 0 aliphatic heterocycles. The van der Waals surface area contributed by atoms with Gasteiger partial charge < -0.3 is 15.2 Å². The molecule has 0 fully saturated rings. The van der Waals surface area contributed by atoms with Crippen molar-refractivity contribution in [3.05, 3.63) is 35.4 Å². The van der Waals surface area contributed by atoms with Gasteiger partial charge in [0.2, 0.25) is 0 Å². The van der Waals surface area contributed by atoms with Crippen LogP contribution in [-0.4, -0.2) is 23.6 Å². The maximum Gasteiger partial charge on any atom is 0.331 e. The van der Waals surface area contributed by atoms with Crippen LogP contribution < -0.4 is 10.1 Å². The third kappa shape index (κ3) is 6.55. The highest BCUT2D eigenvalue weighted by atomic mass is 16.5. The van der Waals surface area contributed by atoms with Crippen molar-refractivity contribution in [2.75, 3.05) is 11.9 Å². The van der Waals surface area contributed by atoms with E-state index in [9.17, 15) is 9.59 Å². The van der Waals surface area contributed by atoms with Crippen LogP contribution in [0.5, 0.6) is 5.75 Å². The number of nitrogens with one attached hydrogen (secondary N) is 1. The number of hydrogen-bond acceptors (Lipinski definition) is 3. The van der Waals surface area contributed by atoms with Crippen LogP contribution in [0, 0.1) is 0 Å². The van der Waals surface area contributed by atoms with Crippen molar-refractivity contribution in [2.24, 2.45) is 0 Å². The predicted octanol–water partition coefficient (Wildman–Crippen LogP) is 4.01. The minimum absolute atomic E-state index is 0.0366. The lowest BCUT2D eigenvalue weighted by Crippen LogP contribution is -2.16. The van der Waals surface area contributed by atoms with E-state index in [1.54, 1.807) is 24.3 Å². The molecule has 0 bridgehead atoms. The van der Waals surface area contributed by atoms with Crippen molar-refractivity contribution in [3.63, 3.8) is 0 Å². The minimum atomic E-state index is -1.09. The SMILES string of the molecule is CCCCCCOc1ccc(NC(=O)/C(C)=C(/C)C(=O)O)cc1. The molecule has 0 aliphatic rings. The van der Waals surface area contributed by atoms with Crippen molar-refractivity contribution >= 4 is 17.6 Å². The van der Waals surface area contributed by atoms with Crippen molar-refractivity contribution in [1.29, 1.82) is 0 Å². The lowest BCUT2D eigenvalue weighted by atomic mass is 10.1. The Morgan fingerprint density at radius 2 is 1.70 bits per heavy atom. The molecule has 0 saturated carbocycles. The minimum Gasteiger partial charge on any atom is -0.494 e. The highest BCUT2D eigenvalue weighted by molar-refractivity contribution is 6.08. The van der Waals surface area contributed by atoms with Gasteiger partial charge in [0.25, 0.3) is 5.91 Å². The van der Waals surface area contributed by atoms with Gasteiger partial charge in [-0.1, -0.05) is 26.2 Å². The van der Waals surface area contributed by atoms with E-state index in [0.29, 0.717) is 12.3 Å². The Kier molecular flexibility index (Phi) is 7.88. The average Bonchev–Trinajstić information content (AvgIpc) is 2.54. The molecule has 2 N–H and O–H groups in total. The lowest BCUT2D eigenvalue weighted by molar-refractivity contribution is -0.133. The van der Waals surface area contributed by atoms with Gasteiger partial charge in [-0.25, -0.2) is 4.79 Å². The van der Waals surface area contributed by atoms with Gasteiger partial charge in [-0.05, 0) is 44.5 Å². The highest BCUT2D eigenvalue weighted by Crippen LogP contribution is 2.17. The first kappa shape index (κ1) is 18.7. The van der Waals surface area contributed by atoms with Crippen LogP contribution in [0.15, 0.2) is 35.4 Å². The number of amides is 1. The number of carboxylic acid groups (broad SMARTS) is 1. The highest BCUT2D eigenvalue weighted by Gasteiger charge is 2.12. The maximum atomic E-state index is 12.0. The number of anilines is 1. The summed E-state index contributed by atoms with van der Waals surface area (Å²) in [6, 6.07) is 7.06. The third-order valence-electron chi connectivity index (χ3n) is 3.60. The summed E-state index contributed by atoms with van der Waals surface area (Å²) in [4.78, 5) is 22.8. The fourth-order valence-electron chi connectivity index (χ4n) is 1.91. The summed E-state index contributed by atoms with van der Waals surface area (Å²) in [7, 11) is 0. The first-order valence-corrected chi connectivity index (χ1v) is 7.90. The number of benzene rings is 1. The zero-order valence-corrected chi connectivity index (χ0v) is 14.0. The van der Waals surface area contributed by atoms with Crippen molar-refractivity contribution < 1.29 is 19.4 Å². The topological polar surface area (TPSA) is 75.6 Å². The van der Waals surface area contributed by atoms with Gasteiger partial charge in [-0.2, -0.15) is 0 Å². The summed E-state index contributed by atoms with van der Waals surface area (Å²) in [5.74, 6) is -0.754. The molecule has 1 aromatic carbocycles. The Morgan fingerprint density at radius 1 is 1.04 bits per heavy atom. The number of unbranched alkanes of at least 4 members (excludes halogenated alkanes) is 3. The lowest BCUT2D eigenvalue weighted by Gasteiger charge is -2.09. The van der Waals surface area contributed by atoms with Gasteiger partial charge in [0.15, 0.2) is 0 Å². The Hall–Kier alpha value is -2.30. The van der Waals surface area contributed by atoms with Crippen LogP contribution in [0.3, 0.4) is 0 Å². The summed E-state index contributed by atoms with van der Waals surface area (Å²) in [6.07, 6.45) is 4.62. The van der Waals surface area contributed by atoms with Crippen LogP contribution in [-0.2, 0) is 9.59 Å². The Morgan fingerprint density at radius 3 is 2.26 bits per heavy atom. The number of ether oxygens (including phenoxy) is 1. The number of hydrogen-bond donors (Lipinski definition) is 2. The van der Waals surface area contributed by atoms with E-state index in [4.69, 9.17) is 9.84 Å². The van der Waals surface area contributed by atoms with Crippen LogP contribution >= 0.6 is 0 Å². The maximum absolute atomic E-state index is 12.0. The van der Waals surface area contributed by atoms with Gasteiger partial charge in [0.05, 0.1) is 6.61 Å². The second-order valence-electron chi connectivity index (χ2n) is 5.44. The standard InChI is InChI=1S/C18H25NO4/c1-4-5-6-7-12-23-16-10-8-15(9-11-16)19-17(20)13(2)14(3)18(21)22/h8-11H,4-7,12H2,1-3H3,(H,19,20)(H,21,22)/b14-13-. The molecule has 0 heterocycles. The molecular weight excluding hydrogens is 294 g/mol. The molecule has 23 heavy (non-hydrogen) atoms. The second kappa shape index (κ2) is 9.66. The fourth-order valence-corrected chi connectivity index (χ4v) is 1.91. The van der Waals surface area contributed by atoms with Crippen LogP contribution in [0.4, 0.5) is 5.69 Å². The van der Waals surface area contributed by atoms with Crippen LogP contribution in [0.2, 0.25) is 0 Å². The average molecular weight is 319 g/mol. The molecule has 0 aliphatic carbocycles. The normalized spacial score (nSPS) is 11.6. The van der Waals surface area contributed by atoms with Gasteiger partial charge in [-0.3, -0.25) is 4.79 Å². The molecule has 0 unspecified atom stereocenters. The predicted molar refractivity (Wildman–Crippen MR) is 90.7 cm³/mol. The fraction of sp³-hybridized carbons (Fsp3) is 0.444. The van der Waals surface area contributed by atoms with Gasteiger partial charge in [-0.15, -0.1) is 0 Å². The number of carbonyl (C=O) groups is 2. The molecule has 0 atom stereocenters. The summed E-state index contributed by atoms with van der Waals surface area (Å²) < 4.78 is 5.63. The van der Waals surface area contributed by atoms with E-state index in [0.717, 1.165) is 12.2 Å². The zero-order chi connectivity index (χ0) is 17.2. The zero-order valence-electron chi connectivity index (χ0n) is 14.0. The third-order valence-corrected chi connectivity index (χ3v) is 3.60. The smallest absolute Gasteiger partial charge is 0.331 e. The summed E-state index contributed by atoms with van der Waals surface area (Å²) in [6.45, 7) is 5.76. The van der Waals surface area contributed by atoms with Crippen LogP contribution in [0.1, 0.15) is 46.5 Å². The Labute approximate surface area is 137 Å². The van der Waals surface area contributed by atoms with E-state index in [1.165, 1.54) is 33.1 Å². The van der Waals surface area contributed by atoms with E-state index in [-0.39, 0.29) is 11.1 Å². The van der Waals surface area contributed by atoms with E-state index in [2.05, 4.69) is 12.2 Å². The van der Waals surface area contributed by atoms with Crippen LogP contribution in [0.25, 0.3) is 0 Å². The summed E-state index contributed by atoms with van der Waals surface area (Å²) >= 11 is 0. The van der Waals surface area contributed by atoms with Gasteiger partial charge >= 0.3 is 5.97 Å². The Bertz CT molecular complexity index is 561. The molecule has 0 saturated heterocycles. The molecule has 5 heteroatoms. The molecule has 0 spiro atoms. The molecule has 1 amide bonds. The molecular formula is C18H25NO4. The number of rotatable bonds is 9. The van der Waals surface area contributed by atoms with Gasteiger partial charge in [0.1, 0.15) is 5.75 Å². The quantitative estimate of drug-likeness (QED) is 0.533. The van der Waals surface area contributed by atoms with E-state index < -0.39 is 11.9 Å². The second-order valence-corrected chi connectivity index (χ2v) is 5.44. The van der Waals surface area contributed by atoms with E-state index in [1.807, 2.05) is 0 Å². The largest absolute Gasteiger partial charge is 0.494 e. The van der Waals surface area contributed by atoms with Crippen molar-refractivity contribution in [1.82, 2.24) is 0 Å². The van der Waals surface area contributed by atoms with Crippen molar-refractivity contribution in [3.8, 4) is 5.75 Å². The number of aliphatic carboxylic acids is 1. The molecule has 126 valence electrons. The summed E-state index contributed by atoms with van der Waals surface area (Å²) in [5, 5.41) is 11.6. The molecule has 0 aromatic heterocycles. The molecule has 5 nitrogen and oxygen atoms in total. The molecule has 1 rings (SSSR count). The first-order chi connectivity index (χ1) is 11.0. The summed E-state index contributed by atoms with van der Waals surface area (Å²) in [5.41, 5.74) is 0.828. The number of carbonyl (C=O) groups excluding carboxylic acids is 1. The van der Waals surface area contributed by atoms with E-state index >= 15 is 0 Å². The van der Waals surface area contributed by atoms with Gasteiger partial charge in [0, 0.05) is 16.8 Å². The van der Waals surface area contributed by atoms with Crippen molar-refractivity contribution in [2.45, 2.75) is 46.5 Å². The monoisotopic (exact) mass is 319 g/mol. The molecule has 0 radical (unpaired) electrons. The number of carboxylic acids is 1. The molecule has 1 aromatic rings.